The van der Waals surface area contributed by atoms with Gasteiger partial charge in [0.25, 0.3) is 0 Å². The fraction of sp³-hybridized carbons (Fsp3) is 0.941. The lowest BCUT2D eigenvalue weighted by Crippen LogP contribution is -2.51. The van der Waals surface area contributed by atoms with Gasteiger partial charge in [0, 0.05) is 19.6 Å². The smallest absolute Gasteiger partial charge is 0.410 e. The van der Waals surface area contributed by atoms with Gasteiger partial charge in [0.15, 0.2) is 0 Å². The predicted octanol–water partition coefficient (Wildman–Crippen LogP) is 3.79. The molecule has 124 valence electrons. The summed E-state index contributed by atoms with van der Waals surface area (Å²) in [6, 6.07) is 0. The molecule has 0 unspecified atom stereocenters. The molecule has 4 nitrogen and oxygen atoms in total. The van der Waals surface area contributed by atoms with Crippen molar-refractivity contribution < 1.29 is 9.53 Å². The first-order valence-corrected chi connectivity index (χ1v) is 9.33. The van der Waals surface area contributed by atoms with Crippen LogP contribution < -0.4 is 0 Å². The number of ether oxygens (including phenoxy) is 1. The molecule has 2 aliphatic carbocycles. The van der Waals surface area contributed by atoms with Crippen LogP contribution in [0.4, 0.5) is 4.79 Å². The number of nitrogens with zero attached hydrogens (tertiary/aromatic N) is 2. The highest BCUT2D eigenvalue weighted by Gasteiger charge is 2.58. The molecule has 4 fully saturated rings. The van der Waals surface area contributed by atoms with Crippen LogP contribution in [0.5, 0.6) is 0 Å². The number of hydrogen-bond donors (Lipinski definition) is 0. The molecule has 22 heavy (non-hydrogen) atoms. The van der Waals surface area contributed by atoms with Crippen LogP contribution in [0.3, 0.4) is 0 Å². The normalized spacial score (nSPS) is 31.5. The molecule has 0 aromatic rings. The van der Waals surface area contributed by atoms with Crippen LogP contribution in [0.2, 0.25) is 0 Å². The summed E-state index contributed by atoms with van der Waals surface area (Å²) in [5.41, 5.74) is 0.335. The van der Waals surface area contributed by atoms with E-state index in [-0.39, 0.29) is 17.0 Å². The van der Waals surface area contributed by atoms with Crippen molar-refractivity contribution in [1.29, 1.82) is 0 Å². The molecule has 2 heterocycles. The van der Waals surface area contributed by atoms with Gasteiger partial charge in [0.1, 0.15) is 6.61 Å². The van der Waals surface area contributed by atoms with Crippen LogP contribution in [0, 0.1) is 11.3 Å². The summed E-state index contributed by atoms with van der Waals surface area (Å²) in [5.74, 6) is 0.760. The van der Waals surface area contributed by atoms with E-state index in [1.807, 2.05) is 4.42 Å². The van der Waals surface area contributed by atoms with Crippen LogP contribution in [0.25, 0.3) is 0 Å². The third-order valence-electron chi connectivity index (χ3n) is 6.73. The summed E-state index contributed by atoms with van der Waals surface area (Å²) in [4.78, 5) is 14.4. The summed E-state index contributed by atoms with van der Waals surface area (Å²) in [6.45, 7) is 3.43. The molecule has 2 saturated heterocycles. The summed E-state index contributed by atoms with van der Waals surface area (Å²) in [5, 5.41) is 0. The van der Waals surface area contributed by atoms with Crippen molar-refractivity contribution in [2.45, 2.75) is 63.3 Å². The molecule has 0 aromatic heterocycles. The fourth-order valence-electron chi connectivity index (χ4n) is 4.99. The van der Waals surface area contributed by atoms with Gasteiger partial charge in [0.2, 0.25) is 0 Å². The fourth-order valence-corrected chi connectivity index (χ4v) is 5.16. The first kappa shape index (κ1) is 15.1. The van der Waals surface area contributed by atoms with Gasteiger partial charge in [-0.2, -0.15) is 0 Å². The molecule has 0 radical (unpaired) electrons. The topological polar surface area (TPSA) is 32.8 Å². The van der Waals surface area contributed by atoms with E-state index >= 15 is 0 Å². The Kier molecular flexibility index (Phi) is 3.80. The SMILES string of the molecule is O=C1OCC2(CC2)N1CC1(C2CCCCC2)CCN(Cl)CC1. The Morgan fingerprint density at radius 2 is 1.77 bits per heavy atom. The first-order valence-electron chi connectivity index (χ1n) is 8.99. The Morgan fingerprint density at radius 3 is 2.41 bits per heavy atom. The maximum absolute atomic E-state index is 12.3. The minimum atomic E-state index is -0.0685. The Hall–Kier alpha value is -0.480. The van der Waals surface area contributed by atoms with Crippen molar-refractivity contribution in [1.82, 2.24) is 9.32 Å². The predicted molar refractivity (Wildman–Crippen MR) is 85.7 cm³/mol. The van der Waals surface area contributed by atoms with Crippen LogP contribution in [0.1, 0.15) is 57.8 Å². The molecule has 2 saturated carbocycles. The number of hydrogen-bond acceptors (Lipinski definition) is 3. The van der Waals surface area contributed by atoms with Gasteiger partial charge in [-0.3, -0.25) is 4.90 Å². The number of piperidine rings is 1. The molecular weight excluding hydrogens is 300 g/mol. The highest BCUT2D eigenvalue weighted by atomic mass is 35.5. The Balaban J connectivity index is 1.55. The van der Waals surface area contributed by atoms with Crippen LogP contribution >= 0.6 is 11.8 Å². The molecule has 0 aromatic carbocycles. The van der Waals surface area contributed by atoms with Crippen LogP contribution in [-0.4, -0.2) is 47.2 Å². The average molecular weight is 327 g/mol. The lowest BCUT2D eigenvalue weighted by molar-refractivity contribution is 0.0186. The van der Waals surface area contributed by atoms with E-state index in [1.165, 1.54) is 32.1 Å². The molecule has 1 amide bonds. The van der Waals surface area contributed by atoms with E-state index in [4.69, 9.17) is 16.5 Å². The molecule has 0 atom stereocenters. The van der Waals surface area contributed by atoms with Crippen molar-refractivity contribution in [2.24, 2.45) is 11.3 Å². The maximum Gasteiger partial charge on any atom is 0.410 e. The Morgan fingerprint density at radius 1 is 1.09 bits per heavy atom. The second-order valence-corrected chi connectivity index (χ2v) is 8.45. The minimum absolute atomic E-state index is 0.0663. The van der Waals surface area contributed by atoms with Crippen molar-refractivity contribution in [3.8, 4) is 0 Å². The quantitative estimate of drug-likeness (QED) is 0.740. The number of amides is 1. The van der Waals surface area contributed by atoms with Gasteiger partial charge in [0.05, 0.1) is 5.54 Å². The third-order valence-corrected chi connectivity index (χ3v) is 7.07. The minimum Gasteiger partial charge on any atom is -0.447 e. The zero-order valence-corrected chi connectivity index (χ0v) is 14.1. The number of rotatable bonds is 3. The van der Waals surface area contributed by atoms with Crippen molar-refractivity contribution in [3.63, 3.8) is 0 Å². The van der Waals surface area contributed by atoms with Crippen LogP contribution in [0.15, 0.2) is 0 Å². The number of carbonyl (C=O) groups excluding carboxylic acids is 1. The summed E-state index contributed by atoms with van der Waals surface area (Å²) in [7, 11) is 0. The van der Waals surface area contributed by atoms with E-state index in [9.17, 15) is 4.79 Å². The highest BCUT2D eigenvalue weighted by Crippen LogP contribution is 2.52. The number of carbonyl (C=O) groups is 1. The van der Waals surface area contributed by atoms with E-state index in [0.717, 1.165) is 51.2 Å². The van der Waals surface area contributed by atoms with E-state index < -0.39 is 0 Å². The van der Waals surface area contributed by atoms with E-state index in [1.54, 1.807) is 0 Å². The zero-order valence-electron chi connectivity index (χ0n) is 13.4. The van der Waals surface area contributed by atoms with Gasteiger partial charge >= 0.3 is 6.09 Å². The van der Waals surface area contributed by atoms with E-state index in [0.29, 0.717) is 6.61 Å². The average Bonchev–Trinajstić information content (AvgIpc) is 3.28. The third kappa shape index (κ3) is 2.52. The van der Waals surface area contributed by atoms with Gasteiger partial charge in [-0.1, -0.05) is 19.3 Å². The summed E-state index contributed by atoms with van der Waals surface area (Å²) in [6.07, 6.45) is 11.2. The monoisotopic (exact) mass is 326 g/mol. The Bertz CT molecular complexity index is 438. The van der Waals surface area contributed by atoms with E-state index in [2.05, 4.69) is 4.90 Å². The number of halogens is 1. The number of cyclic esters (lactones) is 1. The van der Waals surface area contributed by atoms with Crippen LogP contribution in [-0.2, 0) is 4.74 Å². The van der Waals surface area contributed by atoms with Gasteiger partial charge in [-0.05, 0) is 61.6 Å². The van der Waals surface area contributed by atoms with Gasteiger partial charge < -0.3 is 4.74 Å². The lowest BCUT2D eigenvalue weighted by atomic mass is 9.63. The Labute approximate surface area is 138 Å². The van der Waals surface area contributed by atoms with Gasteiger partial charge in [-0.25, -0.2) is 9.21 Å². The largest absolute Gasteiger partial charge is 0.447 e. The zero-order chi connectivity index (χ0) is 15.2. The van der Waals surface area contributed by atoms with Crippen molar-refractivity contribution >= 4 is 17.9 Å². The lowest BCUT2D eigenvalue weighted by Gasteiger charge is -2.49. The van der Waals surface area contributed by atoms with Crippen molar-refractivity contribution in [3.05, 3.63) is 0 Å². The first-order chi connectivity index (χ1) is 10.6. The molecule has 5 heteroatoms. The second kappa shape index (κ2) is 5.55. The molecular formula is C17H27ClN2O2. The summed E-state index contributed by atoms with van der Waals surface area (Å²) < 4.78 is 7.32. The molecule has 2 aliphatic heterocycles. The van der Waals surface area contributed by atoms with Crippen molar-refractivity contribution in [2.75, 3.05) is 26.2 Å². The molecule has 0 bridgehead atoms. The van der Waals surface area contributed by atoms with Gasteiger partial charge in [-0.15, -0.1) is 0 Å². The molecule has 4 aliphatic rings. The maximum atomic E-state index is 12.3. The second-order valence-electron chi connectivity index (χ2n) is 7.97. The highest BCUT2D eigenvalue weighted by molar-refractivity contribution is 6.13. The summed E-state index contributed by atoms with van der Waals surface area (Å²) >= 11 is 6.22. The molecule has 0 N–H and O–H groups in total. The molecule has 1 spiro atoms. The standard InChI is InChI=1S/C17H27ClN2O2/c18-19-10-8-16(9-11-19,14-4-2-1-3-5-14)12-20-15(21)22-13-17(20)6-7-17/h14H,1-13H2. The molecule has 4 rings (SSSR count).